The molecule has 1 saturated heterocycles. The zero-order chi connectivity index (χ0) is 14.1. The first-order valence-corrected chi connectivity index (χ1v) is 7.92. The number of amides is 2. The lowest BCUT2D eigenvalue weighted by molar-refractivity contribution is -0.146. The average molecular weight is 330 g/mol. The van der Waals surface area contributed by atoms with Crippen LogP contribution in [0, 0.1) is 5.92 Å². The van der Waals surface area contributed by atoms with Crippen LogP contribution in [0.5, 0.6) is 0 Å². The Morgan fingerprint density at radius 3 is 2.86 bits per heavy atom. The predicted octanol–water partition coefficient (Wildman–Crippen LogP) is 1.30. The van der Waals surface area contributed by atoms with Crippen LogP contribution in [0.4, 0.5) is 0 Å². The first-order valence-electron chi connectivity index (χ1n) is 7.04. The van der Waals surface area contributed by atoms with Crippen LogP contribution in [-0.4, -0.2) is 35.8 Å². The molecule has 2 aliphatic rings. The lowest BCUT2D eigenvalue weighted by Gasteiger charge is -2.36. The molecule has 2 amide bonds. The summed E-state index contributed by atoms with van der Waals surface area (Å²) in [6.07, 6.45) is 2.49. The van der Waals surface area contributed by atoms with E-state index in [0.29, 0.717) is 13.1 Å². The van der Waals surface area contributed by atoms with Crippen LogP contribution in [0.3, 0.4) is 0 Å². The molecule has 3 N–H and O–H groups in total. The topological polar surface area (TPSA) is 75.4 Å². The quantitative estimate of drug-likeness (QED) is 0.858. The molecule has 1 aliphatic heterocycles. The molecule has 2 heterocycles. The number of carbonyl (C=O) groups excluding carboxylic acids is 2. The second-order valence-electron chi connectivity index (χ2n) is 5.51. The van der Waals surface area contributed by atoms with E-state index in [1.165, 1.54) is 11.3 Å². The van der Waals surface area contributed by atoms with Crippen LogP contribution in [0.2, 0.25) is 0 Å². The number of hydrogen-bond acceptors (Lipinski definition) is 4. The SMILES string of the molecule is Cl.NC1CCC(C(=O)N2CCNC(=O)C2c2cccs2)C1. The van der Waals surface area contributed by atoms with E-state index in [4.69, 9.17) is 5.73 Å². The molecule has 3 atom stereocenters. The summed E-state index contributed by atoms with van der Waals surface area (Å²) in [7, 11) is 0. The maximum atomic E-state index is 12.7. The van der Waals surface area contributed by atoms with E-state index in [-0.39, 0.29) is 36.2 Å². The summed E-state index contributed by atoms with van der Waals surface area (Å²) in [4.78, 5) is 27.5. The highest BCUT2D eigenvalue weighted by molar-refractivity contribution is 7.10. The molecule has 116 valence electrons. The van der Waals surface area contributed by atoms with Crippen LogP contribution in [0.1, 0.15) is 30.2 Å². The van der Waals surface area contributed by atoms with E-state index in [9.17, 15) is 9.59 Å². The minimum Gasteiger partial charge on any atom is -0.352 e. The number of nitrogens with two attached hydrogens (primary N) is 1. The van der Waals surface area contributed by atoms with Crippen molar-refractivity contribution in [1.29, 1.82) is 0 Å². The summed E-state index contributed by atoms with van der Waals surface area (Å²) in [6.45, 7) is 1.12. The van der Waals surface area contributed by atoms with E-state index >= 15 is 0 Å². The van der Waals surface area contributed by atoms with Gasteiger partial charge in [-0.2, -0.15) is 0 Å². The third-order valence-corrected chi connectivity index (χ3v) is 5.05. The van der Waals surface area contributed by atoms with E-state index < -0.39 is 6.04 Å². The fourth-order valence-electron chi connectivity index (χ4n) is 3.11. The maximum Gasteiger partial charge on any atom is 0.248 e. The molecule has 1 aromatic rings. The molecule has 0 aromatic carbocycles. The van der Waals surface area contributed by atoms with Crippen molar-refractivity contribution in [3.8, 4) is 0 Å². The second kappa shape index (κ2) is 6.77. The number of piperazine rings is 1. The number of hydrogen-bond donors (Lipinski definition) is 2. The minimum atomic E-state index is -0.465. The molecule has 3 unspecified atom stereocenters. The Kier molecular flexibility index (Phi) is 5.24. The Morgan fingerprint density at radius 2 is 2.24 bits per heavy atom. The van der Waals surface area contributed by atoms with Gasteiger partial charge in [0.25, 0.3) is 0 Å². The van der Waals surface area contributed by atoms with Gasteiger partial charge >= 0.3 is 0 Å². The Morgan fingerprint density at radius 1 is 1.43 bits per heavy atom. The van der Waals surface area contributed by atoms with Gasteiger partial charge in [-0.1, -0.05) is 6.07 Å². The normalized spacial score (nSPS) is 28.9. The number of halogens is 1. The molecule has 3 rings (SSSR count). The zero-order valence-electron chi connectivity index (χ0n) is 11.7. The highest BCUT2D eigenvalue weighted by Gasteiger charge is 2.39. The molecular weight excluding hydrogens is 310 g/mol. The zero-order valence-corrected chi connectivity index (χ0v) is 13.3. The number of carbonyl (C=O) groups is 2. The Balaban J connectivity index is 0.00000161. The van der Waals surface area contributed by atoms with Crippen molar-refractivity contribution < 1.29 is 9.59 Å². The van der Waals surface area contributed by atoms with Crippen molar-refractivity contribution >= 4 is 35.6 Å². The van der Waals surface area contributed by atoms with Gasteiger partial charge in [0.15, 0.2) is 0 Å². The highest BCUT2D eigenvalue weighted by Crippen LogP contribution is 2.32. The molecular formula is C14H20ClN3O2S. The molecule has 2 fully saturated rings. The first-order chi connectivity index (χ1) is 9.66. The van der Waals surface area contributed by atoms with Crippen molar-refractivity contribution in [3.05, 3.63) is 22.4 Å². The van der Waals surface area contributed by atoms with Crippen molar-refractivity contribution in [2.45, 2.75) is 31.3 Å². The molecule has 1 aromatic heterocycles. The van der Waals surface area contributed by atoms with Crippen LogP contribution >= 0.6 is 23.7 Å². The smallest absolute Gasteiger partial charge is 0.248 e. The van der Waals surface area contributed by atoms with E-state index in [0.717, 1.165) is 24.1 Å². The molecule has 0 bridgehead atoms. The van der Waals surface area contributed by atoms with Gasteiger partial charge in [0.2, 0.25) is 11.8 Å². The van der Waals surface area contributed by atoms with Gasteiger partial charge in [0.1, 0.15) is 6.04 Å². The maximum absolute atomic E-state index is 12.7. The molecule has 1 aliphatic carbocycles. The molecule has 21 heavy (non-hydrogen) atoms. The number of thiophene rings is 1. The van der Waals surface area contributed by atoms with Crippen molar-refractivity contribution in [1.82, 2.24) is 10.2 Å². The fourth-order valence-corrected chi connectivity index (χ4v) is 3.94. The third kappa shape index (κ3) is 3.22. The van der Waals surface area contributed by atoms with Crippen LogP contribution < -0.4 is 11.1 Å². The van der Waals surface area contributed by atoms with Gasteiger partial charge < -0.3 is 16.0 Å². The fraction of sp³-hybridized carbons (Fsp3) is 0.571. The predicted molar refractivity (Wildman–Crippen MR) is 84.3 cm³/mol. The molecule has 1 saturated carbocycles. The van der Waals surface area contributed by atoms with Gasteiger partial charge in [-0.3, -0.25) is 9.59 Å². The van der Waals surface area contributed by atoms with E-state index in [2.05, 4.69) is 5.32 Å². The molecule has 7 heteroatoms. The van der Waals surface area contributed by atoms with Gasteiger partial charge in [0, 0.05) is 29.9 Å². The van der Waals surface area contributed by atoms with Gasteiger partial charge in [-0.15, -0.1) is 23.7 Å². The number of nitrogens with zero attached hydrogens (tertiary/aromatic N) is 1. The Labute approximate surface area is 134 Å². The van der Waals surface area contributed by atoms with Crippen LogP contribution in [0.15, 0.2) is 17.5 Å². The summed E-state index contributed by atoms with van der Waals surface area (Å²) < 4.78 is 0. The van der Waals surface area contributed by atoms with Crippen LogP contribution in [0.25, 0.3) is 0 Å². The summed E-state index contributed by atoms with van der Waals surface area (Å²) in [6, 6.07) is 3.49. The third-order valence-electron chi connectivity index (χ3n) is 4.13. The Bertz CT molecular complexity index is 508. The standard InChI is InChI=1S/C14H19N3O2S.ClH/c15-10-4-3-9(8-10)14(19)17-6-5-16-13(18)12(17)11-2-1-7-20-11;/h1-2,7,9-10,12H,3-6,8,15H2,(H,16,18);1H. The van der Waals surface area contributed by atoms with Crippen molar-refractivity contribution in [3.63, 3.8) is 0 Å². The molecule has 0 spiro atoms. The largest absolute Gasteiger partial charge is 0.352 e. The van der Waals surface area contributed by atoms with Gasteiger partial charge in [-0.25, -0.2) is 0 Å². The van der Waals surface area contributed by atoms with Crippen LogP contribution in [-0.2, 0) is 9.59 Å². The monoisotopic (exact) mass is 329 g/mol. The minimum absolute atomic E-state index is 0. The van der Waals surface area contributed by atoms with Crippen molar-refractivity contribution in [2.75, 3.05) is 13.1 Å². The summed E-state index contributed by atoms with van der Waals surface area (Å²) in [5, 5.41) is 4.79. The van der Waals surface area contributed by atoms with Gasteiger partial charge in [-0.05, 0) is 30.7 Å². The van der Waals surface area contributed by atoms with E-state index in [1.54, 1.807) is 4.90 Å². The lowest BCUT2D eigenvalue weighted by Crippen LogP contribution is -2.53. The first kappa shape index (κ1) is 16.3. The summed E-state index contributed by atoms with van der Waals surface area (Å²) in [5.41, 5.74) is 5.90. The summed E-state index contributed by atoms with van der Waals surface area (Å²) >= 11 is 1.52. The summed E-state index contributed by atoms with van der Waals surface area (Å²) in [5.74, 6) is -0.00101. The number of rotatable bonds is 2. The number of nitrogens with one attached hydrogen (secondary N) is 1. The van der Waals surface area contributed by atoms with Gasteiger partial charge in [0.05, 0.1) is 0 Å². The highest BCUT2D eigenvalue weighted by atomic mass is 35.5. The molecule has 0 radical (unpaired) electrons. The second-order valence-corrected chi connectivity index (χ2v) is 6.49. The molecule has 5 nitrogen and oxygen atoms in total. The van der Waals surface area contributed by atoms with E-state index in [1.807, 2.05) is 17.5 Å². The Hall–Kier alpha value is -1.11. The lowest BCUT2D eigenvalue weighted by atomic mass is 10.0. The van der Waals surface area contributed by atoms with Crippen molar-refractivity contribution in [2.24, 2.45) is 11.7 Å². The average Bonchev–Trinajstić information content (AvgIpc) is 3.09.